The van der Waals surface area contributed by atoms with Gasteiger partial charge >= 0.3 is 0 Å². The summed E-state index contributed by atoms with van der Waals surface area (Å²) >= 11 is 1.25. The highest BCUT2D eigenvalue weighted by Crippen LogP contribution is 2.41. The molecule has 2 saturated heterocycles. The van der Waals surface area contributed by atoms with Gasteiger partial charge < -0.3 is 15.0 Å². The summed E-state index contributed by atoms with van der Waals surface area (Å²) < 4.78 is 9.39. The smallest absolute Gasteiger partial charge is 0.265 e. The SMILES string of the molecule is CCC(Nc1cccc(SNC(=O)c2ccc(C(C)(C)C)nc2N2CC(C)CC2(C)C)n1)C1CC(C)(C)OC(C)(C)C1. The predicted octanol–water partition coefficient (Wildman–Crippen LogP) is 8.01. The quantitative estimate of drug-likeness (QED) is 0.299. The summed E-state index contributed by atoms with van der Waals surface area (Å²) in [6.07, 6.45) is 4.07. The molecule has 7 nitrogen and oxygen atoms in total. The summed E-state index contributed by atoms with van der Waals surface area (Å²) in [7, 11) is 0. The van der Waals surface area contributed by atoms with Gasteiger partial charge in [0.15, 0.2) is 0 Å². The zero-order chi connectivity index (χ0) is 31.1. The number of rotatable bonds is 8. The Hall–Kier alpha value is -2.32. The highest BCUT2D eigenvalue weighted by atomic mass is 32.2. The van der Waals surface area contributed by atoms with Crippen molar-refractivity contribution in [2.24, 2.45) is 11.8 Å². The molecule has 4 rings (SSSR count). The fourth-order valence-corrected chi connectivity index (χ4v) is 7.71. The lowest BCUT2D eigenvalue weighted by Crippen LogP contribution is -2.49. The average Bonchev–Trinajstić information content (AvgIpc) is 3.14. The molecule has 8 heteroatoms. The van der Waals surface area contributed by atoms with Crippen LogP contribution in [0.4, 0.5) is 11.6 Å². The van der Waals surface area contributed by atoms with E-state index in [4.69, 9.17) is 14.7 Å². The summed E-state index contributed by atoms with van der Waals surface area (Å²) in [5, 5.41) is 4.45. The molecule has 0 aliphatic carbocycles. The van der Waals surface area contributed by atoms with E-state index in [2.05, 4.69) is 91.1 Å². The Balaban J connectivity index is 1.50. The Kier molecular flexibility index (Phi) is 9.30. The van der Waals surface area contributed by atoms with Crippen molar-refractivity contribution in [3.8, 4) is 0 Å². The summed E-state index contributed by atoms with van der Waals surface area (Å²) in [6, 6.07) is 10.1. The second-order valence-corrected chi connectivity index (χ2v) is 16.2. The molecule has 0 spiro atoms. The number of hydrogen-bond acceptors (Lipinski definition) is 7. The van der Waals surface area contributed by atoms with Crippen LogP contribution in [-0.4, -0.2) is 45.2 Å². The lowest BCUT2D eigenvalue weighted by molar-refractivity contribution is -0.174. The van der Waals surface area contributed by atoms with Crippen molar-refractivity contribution in [1.29, 1.82) is 0 Å². The van der Waals surface area contributed by atoms with E-state index >= 15 is 0 Å². The predicted molar refractivity (Wildman–Crippen MR) is 175 cm³/mol. The normalized spacial score (nSPS) is 22.5. The number of anilines is 2. The first-order chi connectivity index (χ1) is 19.4. The minimum Gasteiger partial charge on any atom is -0.370 e. The molecule has 2 aliphatic heterocycles. The van der Waals surface area contributed by atoms with Crippen molar-refractivity contribution in [1.82, 2.24) is 14.7 Å². The zero-order valence-electron chi connectivity index (χ0n) is 27.7. The molecule has 4 heterocycles. The second-order valence-electron chi connectivity index (χ2n) is 15.4. The van der Waals surface area contributed by atoms with Gasteiger partial charge in [0.05, 0.1) is 16.8 Å². The second kappa shape index (κ2) is 12.0. The van der Waals surface area contributed by atoms with Crippen molar-refractivity contribution in [3.05, 3.63) is 41.6 Å². The Bertz CT molecular complexity index is 1250. The largest absolute Gasteiger partial charge is 0.370 e. The average molecular weight is 596 g/mol. The van der Waals surface area contributed by atoms with E-state index in [0.717, 1.165) is 54.6 Å². The molecule has 2 atom stereocenters. The molecule has 232 valence electrons. The van der Waals surface area contributed by atoms with Gasteiger partial charge in [0, 0.05) is 41.2 Å². The van der Waals surface area contributed by atoms with Crippen molar-refractivity contribution in [2.45, 2.75) is 135 Å². The van der Waals surface area contributed by atoms with Gasteiger partial charge in [-0.05, 0) is 103 Å². The number of pyridine rings is 2. The van der Waals surface area contributed by atoms with Gasteiger partial charge in [-0.3, -0.25) is 9.52 Å². The van der Waals surface area contributed by atoms with Gasteiger partial charge in [-0.1, -0.05) is 40.7 Å². The van der Waals surface area contributed by atoms with Gasteiger partial charge in [-0.2, -0.15) is 0 Å². The lowest BCUT2D eigenvalue weighted by Gasteiger charge is -2.47. The maximum atomic E-state index is 13.6. The molecule has 0 aromatic carbocycles. The first-order valence-electron chi connectivity index (χ1n) is 15.6. The van der Waals surface area contributed by atoms with Crippen molar-refractivity contribution >= 4 is 29.5 Å². The number of nitrogens with zero attached hydrogens (tertiary/aromatic N) is 3. The van der Waals surface area contributed by atoms with Crippen LogP contribution in [0.5, 0.6) is 0 Å². The minimum absolute atomic E-state index is 0.0721. The van der Waals surface area contributed by atoms with E-state index < -0.39 is 0 Å². The number of amides is 1. The summed E-state index contributed by atoms with van der Waals surface area (Å²) in [5.74, 6) is 2.46. The van der Waals surface area contributed by atoms with Crippen LogP contribution in [0.2, 0.25) is 0 Å². The Labute approximate surface area is 258 Å². The molecular formula is C34H53N5O2S. The Morgan fingerprint density at radius 1 is 1.05 bits per heavy atom. The van der Waals surface area contributed by atoms with Crippen LogP contribution in [0.15, 0.2) is 35.4 Å². The summed E-state index contributed by atoms with van der Waals surface area (Å²) in [5.41, 5.74) is 1.09. The fraction of sp³-hybridized carbons (Fsp3) is 0.676. The van der Waals surface area contributed by atoms with Crippen LogP contribution in [0, 0.1) is 11.8 Å². The van der Waals surface area contributed by atoms with E-state index in [1.807, 2.05) is 30.3 Å². The molecule has 2 aromatic heterocycles. The number of carbonyl (C=O) groups is 1. The van der Waals surface area contributed by atoms with E-state index in [0.29, 0.717) is 17.4 Å². The Morgan fingerprint density at radius 2 is 1.71 bits per heavy atom. The third-order valence-electron chi connectivity index (χ3n) is 8.59. The van der Waals surface area contributed by atoms with E-state index in [1.54, 1.807) is 0 Å². The number of aromatic nitrogens is 2. The molecule has 2 aliphatic rings. The number of nitrogens with one attached hydrogen (secondary N) is 2. The molecular weight excluding hydrogens is 542 g/mol. The molecule has 1 amide bonds. The van der Waals surface area contributed by atoms with Crippen molar-refractivity contribution in [2.75, 3.05) is 16.8 Å². The van der Waals surface area contributed by atoms with Crippen LogP contribution in [0.1, 0.15) is 118 Å². The van der Waals surface area contributed by atoms with Crippen molar-refractivity contribution in [3.63, 3.8) is 0 Å². The highest BCUT2D eigenvalue weighted by molar-refractivity contribution is 7.97. The standard InChI is InChI=1S/C34H53N5O2S/c1-12-25(23-19-33(8,9)41-34(10,11)20-23)35-27-14-13-15-28(37-27)42-38-30(40)24-16-17-26(31(3,4)5)36-29(24)39-21-22(2)18-32(39,6)7/h13-17,22-23,25H,12,18-21H2,1-11H3,(H,35,37)(H,38,40). The number of carbonyl (C=O) groups excluding carboxylic acids is 1. The monoisotopic (exact) mass is 595 g/mol. The first-order valence-corrected chi connectivity index (χ1v) is 16.4. The van der Waals surface area contributed by atoms with E-state index in [1.165, 1.54) is 11.9 Å². The van der Waals surface area contributed by atoms with Gasteiger partial charge in [0.2, 0.25) is 0 Å². The number of hydrogen-bond donors (Lipinski definition) is 2. The Morgan fingerprint density at radius 3 is 2.29 bits per heavy atom. The highest BCUT2D eigenvalue weighted by Gasteiger charge is 2.42. The fourth-order valence-electron chi connectivity index (χ4n) is 7.11. The third kappa shape index (κ3) is 7.79. The maximum Gasteiger partial charge on any atom is 0.265 e. The molecule has 2 unspecified atom stereocenters. The molecule has 2 fully saturated rings. The van der Waals surface area contributed by atoms with E-state index in [-0.39, 0.29) is 34.1 Å². The zero-order valence-corrected chi connectivity index (χ0v) is 28.5. The van der Waals surface area contributed by atoms with E-state index in [9.17, 15) is 4.79 Å². The van der Waals surface area contributed by atoms with Gasteiger partial charge in [-0.25, -0.2) is 9.97 Å². The summed E-state index contributed by atoms with van der Waals surface area (Å²) in [6.45, 7) is 25.1. The van der Waals surface area contributed by atoms with Gasteiger partial charge in [0.1, 0.15) is 16.7 Å². The molecule has 42 heavy (non-hydrogen) atoms. The van der Waals surface area contributed by atoms with Crippen LogP contribution in [0.25, 0.3) is 0 Å². The molecule has 2 N–H and O–H groups in total. The number of ether oxygens (including phenoxy) is 1. The van der Waals surface area contributed by atoms with Crippen LogP contribution in [-0.2, 0) is 10.2 Å². The molecule has 0 bridgehead atoms. The first kappa shape index (κ1) is 32.6. The topological polar surface area (TPSA) is 79.4 Å². The van der Waals surface area contributed by atoms with Gasteiger partial charge in [0.25, 0.3) is 5.91 Å². The minimum atomic E-state index is -0.156. The molecule has 2 aromatic rings. The molecule has 0 saturated carbocycles. The van der Waals surface area contributed by atoms with Crippen LogP contribution in [0.3, 0.4) is 0 Å². The third-order valence-corrected chi connectivity index (χ3v) is 9.31. The lowest BCUT2D eigenvalue weighted by atomic mass is 9.76. The van der Waals surface area contributed by atoms with Crippen LogP contribution < -0.4 is 14.9 Å². The van der Waals surface area contributed by atoms with Crippen LogP contribution >= 0.6 is 11.9 Å². The maximum absolute atomic E-state index is 13.6. The van der Waals surface area contributed by atoms with Crippen molar-refractivity contribution < 1.29 is 9.53 Å². The van der Waals surface area contributed by atoms with Gasteiger partial charge in [-0.15, -0.1) is 0 Å². The summed E-state index contributed by atoms with van der Waals surface area (Å²) in [4.78, 5) is 25.9. The molecule has 0 radical (unpaired) electrons.